The van der Waals surface area contributed by atoms with Gasteiger partial charge in [-0.1, -0.05) is 6.92 Å². The molecule has 1 amide bonds. The second-order valence-corrected chi connectivity index (χ2v) is 6.10. The highest BCUT2D eigenvalue weighted by atomic mass is 16.5. The molecule has 2 heterocycles. The van der Waals surface area contributed by atoms with Gasteiger partial charge < -0.3 is 19.9 Å². The van der Waals surface area contributed by atoms with Crippen molar-refractivity contribution in [3.8, 4) is 5.88 Å². The number of carboxylic acids is 1. The highest BCUT2D eigenvalue weighted by Gasteiger charge is 2.40. The lowest BCUT2D eigenvalue weighted by atomic mass is 9.80. The quantitative estimate of drug-likeness (QED) is 0.789. The summed E-state index contributed by atoms with van der Waals surface area (Å²) in [6, 6.07) is 3.15. The molecule has 7 nitrogen and oxygen atoms in total. The van der Waals surface area contributed by atoms with E-state index in [0.717, 1.165) is 6.42 Å². The van der Waals surface area contributed by atoms with E-state index in [1.165, 1.54) is 6.20 Å². The van der Waals surface area contributed by atoms with E-state index in [4.69, 9.17) is 9.47 Å². The van der Waals surface area contributed by atoms with Gasteiger partial charge in [-0.3, -0.25) is 9.59 Å². The minimum Gasteiger partial charge on any atom is -0.481 e. The highest BCUT2D eigenvalue weighted by molar-refractivity contribution is 5.94. The molecule has 2 N–H and O–H groups in total. The van der Waals surface area contributed by atoms with E-state index in [2.05, 4.69) is 10.3 Å². The molecule has 1 aliphatic heterocycles. The van der Waals surface area contributed by atoms with Crippen molar-refractivity contribution in [2.24, 2.45) is 5.41 Å². The average molecular weight is 336 g/mol. The smallest absolute Gasteiger partial charge is 0.311 e. The summed E-state index contributed by atoms with van der Waals surface area (Å²) < 4.78 is 10.8. The van der Waals surface area contributed by atoms with Gasteiger partial charge in [-0.2, -0.15) is 0 Å². The number of carboxylic acid groups (broad SMARTS) is 1. The van der Waals surface area contributed by atoms with E-state index in [9.17, 15) is 14.7 Å². The summed E-state index contributed by atoms with van der Waals surface area (Å²) in [4.78, 5) is 28.0. The van der Waals surface area contributed by atoms with Crippen LogP contribution >= 0.6 is 0 Å². The summed E-state index contributed by atoms with van der Waals surface area (Å²) >= 11 is 0. The molecule has 0 spiro atoms. The lowest BCUT2D eigenvalue weighted by Crippen LogP contribution is -2.46. The minimum absolute atomic E-state index is 0.00771. The monoisotopic (exact) mass is 336 g/mol. The molecule has 1 atom stereocenters. The second-order valence-electron chi connectivity index (χ2n) is 6.10. The fourth-order valence-electron chi connectivity index (χ4n) is 2.48. The Hall–Kier alpha value is -2.15. The number of amides is 1. The maximum absolute atomic E-state index is 12.3. The number of ether oxygens (including phenoxy) is 2. The van der Waals surface area contributed by atoms with E-state index in [0.29, 0.717) is 37.5 Å². The van der Waals surface area contributed by atoms with Crippen molar-refractivity contribution in [3.05, 3.63) is 23.9 Å². The summed E-state index contributed by atoms with van der Waals surface area (Å²) in [5.74, 6) is -0.851. The van der Waals surface area contributed by atoms with E-state index in [-0.39, 0.29) is 18.6 Å². The van der Waals surface area contributed by atoms with Gasteiger partial charge >= 0.3 is 5.97 Å². The van der Waals surface area contributed by atoms with Crippen LogP contribution in [0, 0.1) is 5.41 Å². The molecule has 1 unspecified atom stereocenters. The van der Waals surface area contributed by atoms with Crippen LogP contribution in [0.1, 0.15) is 43.5 Å². The van der Waals surface area contributed by atoms with Crippen molar-refractivity contribution in [2.75, 3.05) is 19.8 Å². The van der Waals surface area contributed by atoms with Gasteiger partial charge in [-0.15, -0.1) is 0 Å². The molecule has 1 aromatic heterocycles. The molecular weight excluding hydrogens is 312 g/mol. The number of hydrogen-bond acceptors (Lipinski definition) is 5. The zero-order valence-corrected chi connectivity index (χ0v) is 14.1. The Bertz CT molecular complexity index is 584. The first-order valence-corrected chi connectivity index (χ1v) is 8.19. The maximum Gasteiger partial charge on any atom is 0.311 e. The molecule has 0 radical (unpaired) electrons. The summed E-state index contributed by atoms with van der Waals surface area (Å²) in [6.07, 6.45) is 3.13. The molecule has 0 aliphatic carbocycles. The number of nitrogens with one attached hydrogen (secondary N) is 1. The zero-order chi connectivity index (χ0) is 17.6. The normalized spacial score (nSPS) is 17.8. The zero-order valence-electron chi connectivity index (χ0n) is 14.1. The van der Waals surface area contributed by atoms with Crippen LogP contribution in [0.4, 0.5) is 0 Å². The average Bonchev–Trinajstić information content (AvgIpc) is 2.60. The molecule has 132 valence electrons. The lowest BCUT2D eigenvalue weighted by Gasteiger charge is -2.33. The SMILES string of the molecule is CCC(C)Oc1cc(C(=O)NCC2(C(=O)O)CCOCC2)ccn1. The summed E-state index contributed by atoms with van der Waals surface area (Å²) in [5, 5.41) is 12.2. The largest absolute Gasteiger partial charge is 0.481 e. The van der Waals surface area contributed by atoms with Crippen LogP contribution < -0.4 is 10.1 Å². The predicted octanol–water partition coefficient (Wildman–Crippen LogP) is 1.87. The Morgan fingerprint density at radius 2 is 2.17 bits per heavy atom. The molecule has 1 aromatic rings. The van der Waals surface area contributed by atoms with Crippen molar-refractivity contribution < 1.29 is 24.2 Å². The molecule has 1 saturated heterocycles. The van der Waals surface area contributed by atoms with E-state index in [1.807, 2.05) is 13.8 Å². The number of pyridine rings is 1. The predicted molar refractivity (Wildman–Crippen MR) is 87.1 cm³/mol. The maximum atomic E-state index is 12.3. The summed E-state index contributed by atoms with van der Waals surface area (Å²) in [5.41, 5.74) is -0.562. The van der Waals surface area contributed by atoms with Crippen LogP contribution in [0.3, 0.4) is 0 Å². The lowest BCUT2D eigenvalue weighted by molar-refractivity contribution is -0.154. The minimum atomic E-state index is -0.961. The van der Waals surface area contributed by atoms with Gasteiger partial charge in [0.05, 0.1) is 11.5 Å². The molecule has 1 aliphatic rings. The highest BCUT2D eigenvalue weighted by Crippen LogP contribution is 2.30. The first-order chi connectivity index (χ1) is 11.5. The number of carbonyl (C=O) groups is 2. The van der Waals surface area contributed by atoms with Crippen molar-refractivity contribution in [3.63, 3.8) is 0 Å². The third kappa shape index (κ3) is 4.44. The fourth-order valence-corrected chi connectivity index (χ4v) is 2.48. The van der Waals surface area contributed by atoms with Gasteiger partial charge in [0.2, 0.25) is 5.88 Å². The number of hydrogen-bond donors (Lipinski definition) is 2. The van der Waals surface area contributed by atoms with Gasteiger partial charge in [-0.25, -0.2) is 4.98 Å². The number of nitrogens with zero attached hydrogens (tertiary/aromatic N) is 1. The standard InChI is InChI=1S/C17H24N2O5/c1-3-12(2)24-14-10-13(4-7-18-14)15(20)19-11-17(16(21)22)5-8-23-9-6-17/h4,7,10,12H,3,5-6,8-9,11H2,1-2H3,(H,19,20)(H,21,22). The van der Waals surface area contributed by atoms with Crippen LogP contribution in [-0.2, 0) is 9.53 Å². The Balaban J connectivity index is 2.01. The molecule has 2 rings (SSSR count). The van der Waals surface area contributed by atoms with Crippen LogP contribution in [-0.4, -0.2) is 47.8 Å². The van der Waals surface area contributed by atoms with Gasteiger partial charge in [0.25, 0.3) is 5.91 Å². The van der Waals surface area contributed by atoms with Crippen LogP contribution in [0.15, 0.2) is 18.3 Å². The summed E-state index contributed by atoms with van der Waals surface area (Å²) in [7, 11) is 0. The van der Waals surface area contributed by atoms with E-state index in [1.54, 1.807) is 12.1 Å². The number of aromatic nitrogens is 1. The Morgan fingerprint density at radius 1 is 1.46 bits per heavy atom. The van der Waals surface area contributed by atoms with Crippen LogP contribution in [0.5, 0.6) is 5.88 Å². The number of aliphatic carboxylic acids is 1. The number of carbonyl (C=O) groups excluding carboxylic acids is 1. The topological polar surface area (TPSA) is 97.8 Å². The first-order valence-electron chi connectivity index (χ1n) is 8.19. The van der Waals surface area contributed by atoms with Crippen molar-refractivity contribution in [2.45, 2.75) is 39.2 Å². The molecule has 0 bridgehead atoms. The first kappa shape index (κ1) is 18.2. The molecule has 0 saturated carbocycles. The second kappa shape index (κ2) is 8.10. The third-order valence-corrected chi connectivity index (χ3v) is 4.38. The van der Waals surface area contributed by atoms with E-state index >= 15 is 0 Å². The Labute approximate surface area is 141 Å². The molecule has 24 heavy (non-hydrogen) atoms. The Kier molecular flexibility index (Phi) is 6.14. The van der Waals surface area contributed by atoms with Gasteiger partial charge in [0, 0.05) is 37.6 Å². The number of rotatable bonds is 7. The van der Waals surface area contributed by atoms with Crippen LogP contribution in [0.25, 0.3) is 0 Å². The molecular formula is C17H24N2O5. The van der Waals surface area contributed by atoms with Crippen molar-refractivity contribution in [1.29, 1.82) is 0 Å². The van der Waals surface area contributed by atoms with E-state index < -0.39 is 11.4 Å². The van der Waals surface area contributed by atoms with Gasteiger partial charge in [0.1, 0.15) is 0 Å². The summed E-state index contributed by atoms with van der Waals surface area (Å²) in [6.45, 7) is 4.79. The third-order valence-electron chi connectivity index (χ3n) is 4.38. The van der Waals surface area contributed by atoms with Crippen molar-refractivity contribution >= 4 is 11.9 Å². The Morgan fingerprint density at radius 3 is 2.79 bits per heavy atom. The van der Waals surface area contributed by atoms with Crippen molar-refractivity contribution in [1.82, 2.24) is 10.3 Å². The van der Waals surface area contributed by atoms with Gasteiger partial charge in [-0.05, 0) is 32.3 Å². The molecule has 0 aromatic carbocycles. The van der Waals surface area contributed by atoms with Gasteiger partial charge in [0.15, 0.2) is 0 Å². The molecule has 1 fully saturated rings. The molecule has 7 heteroatoms. The fraction of sp³-hybridized carbons (Fsp3) is 0.588. The van der Waals surface area contributed by atoms with Crippen LogP contribution in [0.2, 0.25) is 0 Å².